The monoisotopic (exact) mass is 377 g/mol. The molecule has 0 unspecified atom stereocenters. The lowest BCUT2D eigenvalue weighted by molar-refractivity contribution is 0.260. The Balaban J connectivity index is 1.51. The van der Waals surface area contributed by atoms with Crippen LogP contribution >= 0.6 is 0 Å². The number of nitrogens with zero attached hydrogens (tertiary/aromatic N) is 4. The van der Waals surface area contributed by atoms with Gasteiger partial charge in [0.05, 0.1) is 0 Å². The van der Waals surface area contributed by atoms with Crippen molar-refractivity contribution in [3.63, 3.8) is 0 Å². The molecule has 2 aliphatic rings. The molecule has 0 bridgehead atoms. The molecule has 6 heteroatoms. The van der Waals surface area contributed by atoms with Crippen molar-refractivity contribution in [2.45, 2.75) is 58.7 Å². The van der Waals surface area contributed by atoms with Crippen molar-refractivity contribution >= 4 is 17.1 Å². The van der Waals surface area contributed by atoms with Crippen LogP contribution in [0.15, 0.2) is 35.1 Å². The Bertz CT molecular complexity index is 1060. The number of anilines is 1. The summed E-state index contributed by atoms with van der Waals surface area (Å²) in [6.45, 7) is 5.80. The van der Waals surface area contributed by atoms with Crippen LogP contribution in [0.25, 0.3) is 11.2 Å². The number of aryl methyl sites for hydroxylation is 1. The number of hydrogen-bond acceptors (Lipinski definition) is 4. The first-order valence-corrected chi connectivity index (χ1v) is 10.4. The van der Waals surface area contributed by atoms with Gasteiger partial charge in [0.25, 0.3) is 0 Å². The van der Waals surface area contributed by atoms with Gasteiger partial charge in [-0.25, -0.2) is 4.98 Å². The number of hydrogen-bond donors (Lipinski definition) is 1. The van der Waals surface area contributed by atoms with Crippen molar-refractivity contribution < 1.29 is 0 Å². The predicted octanol–water partition coefficient (Wildman–Crippen LogP) is 3.57. The summed E-state index contributed by atoms with van der Waals surface area (Å²) in [6, 6.07) is 10.5. The molecule has 1 atom stereocenters. The van der Waals surface area contributed by atoms with Crippen LogP contribution in [-0.2, 0) is 13.1 Å². The van der Waals surface area contributed by atoms with E-state index in [9.17, 15) is 4.79 Å². The molecule has 0 spiro atoms. The van der Waals surface area contributed by atoms with Crippen molar-refractivity contribution in [2.75, 3.05) is 5.32 Å². The van der Waals surface area contributed by atoms with Crippen LogP contribution in [0.5, 0.6) is 0 Å². The molecular weight excluding hydrogens is 350 g/mol. The third kappa shape index (κ3) is 2.91. The standard InChI is InChI=1S/C22H27N5O/c1-14-8-10-17(11-9-14)18-13-27-20-19(21(28)25-22(27)24-18)26(15(2)23-20)12-16-6-4-3-5-7-16/h3-7,14,17-18H,8-13H2,1-2H3,(H,24,25,28)/t14?,17?,18-/m1/s1. The average Bonchev–Trinajstić information content (AvgIpc) is 3.25. The molecule has 1 aliphatic heterocycles. The number of imidazole rings is 1. The van der Waals surface area contributed by atoms with Gasteiger partial charge in [-0.05, 0) is 37.2 Å². The molecule has 0 saturated heterocycles. The summed E-state index contributed by atoms with van der Waals surface area (Å²) in [5, 5.41) is 3.53. The molecular formula is C22H27N5O. The lowest BCUT2D eigenvalue weighted by Gasteiger charge is -2.30. The second-order valence-corrected chi connectivity index (χ2v) is 8.52. The third-order valence-corrected chi connectivity index (χ3v) is 6.57. The lowest BCUT2D eigenvalue weighted by atomic mass is 9.79. The highest BCUT2D eigenvalue weighted by atomic mass is 16.1. The largest absolute Gasteiger partial charge is 0.351 e. The number of rotatable bonds is 3. The van der Waals surface area contributed by atoms with Gasteiger partial charge < -0.3 is 9.88 Å². The van der Waals surface area contributed by atoms with Gasteiger partial charge in [0.1, 0.15) is 5.82 Å². The zero-order valence-electron chi connectivity index (χ0n) is 16.6. The first kappa shape index (κ1) is 17.5. The second-order valence-electron chi connectivity index (χ2n) is 8.52. The number of benzene rings is 1. The molecule has 3 heterocycles. The summed E-state index contributed by atoms with van der Waals surface area (Å²) in [5.74, 6) is 3.02. The van der Waals surface area contributed by atoms with Gasteiger partial charge in [-0.15, -0.1) is 0 Å². The Morgan fingerprint density at radius 3 is 2.61 bits per heavy atom. The normalized spacial score (nSPS) is 24.3. The van der Waals surface area contributed by atoms with Gasteiger partial charge in [-0.2, -0.15) is 4.98 Å². The van der Waals surface area contributed by atoms with Gasteiger partial charge in [0.2, 0.25) is 5.95 Å². The molecule has 1 aliphatic carbocycles. The van der Waals surface area contributed by atoms with E-state index in [0.717, 1.165) is 29.5 Å². The SMILES string of the molecule is Cc1nc2c(c(=O)nc3n2C[C@H](C2CCC(C)CC2)N3)n1Cc1ccccc1. The van der Waals surface area contributed by atoms with Crippen LogP contribution in [0.4, 0.5) is 5.95 Å². The summed E-state index contributed by atoms with van der Waals surface area (Å²) in [7, 11) is 0. The van der Waals surface area contributed by atoms with Gasteiger partial charge in [0.15, 0.2) is 11.2 Å². The van der Waals surface area contributed by atoms with Crippen molar-refractivity contribution in [2.24, 2.45) is 11.8 Å². The van der Waals surface area contributed by atoms with E-state index in [-0.39, 0.29) is 5.56 Å². The maximum atomic E-state index is 12.9. The average molecular weight is 377 g/mol. The van der Waals surface area contributed by atoms with Crippen molar-refractivity contribution in [3.05, 3.63) is 52.1 Å². The van der Waals surface area contributed by atoms with E-state index in [0.29, 0.717) is 30.0 Å². The zero-order valence-corrected chi connectivity index (χ0v) is 16.6. The molecule has 3 aromatic rings. The van der Waals surface area contributed by atoms with Gasteiger partial charge in [0, 0.05) is 19.1 Å². The third-order valence-electron chi connectivity index (χ3n) is 6.57. The van der Waals surface area contributed by atoms with Gasteiger partial charge in [-0.3, -0.25) is 9.36 Å². The van der Waals surface area contributed by atoms with Crippen LogP contribution < -0.4 is 10.9 Å². The Morgan fingerprint density at radius 2 is 1.86 bits per heavy atom. The predicted molar refractivity (Wildman–Crippen MR) is 111 cm³/mol. The molecule has 28 heavy (non-hydrogen) atoms. The van der Waals surface area contributed by atoms with E-state index in [4.69, 9.17) is 4.98 Å². The fraction of sp³-hybridized carbons (Fsp3) is 0.500. The van der Waals surface area contributed by atoms with Gasteiger partial charge >= 0.3 is 5.56 Å². The van der Waals surface area contributed by atoms with Crippen LogP contribution in [0.2, 0.25) is 0 Å². The zero-order chi connectivity index (χ0) is 19.3. The minimum absolute atomic E-state index is 0.191. The summed E-state index contributed by atoms with van der Waals surface area (Å²) in [5.41, 5.74) is 2.35. The van der Waals surface area contributed by atoms with Crippen molar-refractivity contribution in [1.29, 1.82) is 0 Å². The summed E-state index contributed by atoms with van der Waals surface area (Å²) >= 11 is 0. The first-order valence-electron chi connectivity index (χ1n) is 10.4. The van der Waals surface area contributed by atoms with E-state index in [1.807, 2.05) is 29.7 Å². The molecule has 6 nitrogen and oxygen atoms in total. The molecule has 1 N–H and O–H groups in total. The molecule has 0 radical (unpaired) electrons. The van der Waals surface area contributed by atoms with E-state index in [2.05, 4.69) is 33.9 Å². The molecule has 0 amide bonds. The van der Waals surface area contributed by atoms with Crippen LogP contribution in [0, 0.1) is 18.8 Å². The van der Waals surface area contributed by atoms with Crippen molar-refractivity contribution in [1.82, 2.24) is 19.1 Å². The second kappa shape index (κ2) is 6.76. The van der Waals surface area contributed by atoms with Crippen LogP contribution in [0.1, 0.15) is 44.0 Å². The molecule has 1 fully saturated rings. The Morgan fingerprint density at radius 1 is 1.11 bits per heavy atom. The summed E-state index contributed by atoms with van der Waals surface area (Å²) in [6.07, 6.45) is 5.10. The number of fused-ring (bicyclic) bond motifs is 3. The minimum atomic E-state index is -0.191. The van der Waals surface area contributed by atoms with Crippen LogP contribution in [-0.4, -0.2) is 25.1 Å². The first-order chi connectivity index (χ1) is 13.6. The van der Waals surface area contributed by atoms with E-state index < -0.39 is 0 Å². The Kier molecular flexibility index (Phi) is 4.22. The summed E-state index contributed by atoms with van der Waals surface area (Å²) in [4.78, 5) is 22.0. The lowest BCUT2D eigenvalue weighted by Crippen LogP contribution is -2.30. The Hall–Kier alpha value is -2.63. The highest BCUT2D eigenvalue weighted by Crippen LogP contribution is 2.35. The number of aromatic nitrogens is 4. The minimum Gasteiger partial charge on any atom is -0.351 e. The van der Waals surface area contributed by atoms with E-state index in [1.165, 1.54) is 25.7 Å². The maximum Gasteiger partial charge on any atom is 0.300 e. The smallest absolute Gasteiger partial charge is 0.300 e. The quantitative estimate of drug-likeness (QED) is 0.758. The number of nitrogens with one attached hydrogen (secondary N) is 1. The molecule has 2 aromatic heterocycles. The van der Waals surface area contributed by atoms with E-state index >= 15 is 0 Å². The maximum absolute atomic E-state index is 12.9. The Labute approximate surface area is 164 Å². The van der Waals surface area contributed by atoms with E-state index in [1.54, 1.807) is 0 Å². The fourth-order valence-corrected chi connectivity index (χ4v) is 4.86. The fourth-order valence-electron chi connectivity index (χ4n) is 4.86. The van der Waals surface area contributed by atoms with Crippen molar-refractivity contribution in [3.8, 4) is 0 Å². The highest BCUT2D eigenvalue weighted by molar-refractivity contribution is 5.74. The van der Waals surface area contributed by atoms with Crippen LogP contribution in [0.3, 0.4) is 0 Å². The molecule has 1 saturated carbocycles. The topological polar surface area (TPSA) is 64.7 Å². The molecule has 5 rings (SSSR count). The van der Waals surface area contributed by atoms with Gasteiger partial charge in [-0.1, -0.05) is 50.1 Å². The summed E-state index contributed by atoms with van der Waals surface area (Å²) < 4.78 is 4.12. The molecule has 146 valence electrons. The molecule has 1 aromatic carbocycles. The highest BCUT2D eigenvalue weighted by Gasteiger charge is 2.33.